The predicted molar refractivity (Wildman–Crippen MR) is 139 cm³/mol. The van der Waals surface area contributed by atoms with Crippen molar-refractivity contribution < 1.29 is 19.4 Å². The zero-order chi connectivity index (χ0) is 26.4. The van der Waals surface area contributed by atoms with Crippen molar-refractivity contribution in [1.82, 2.24) is 9.97 Å². The van der Waals surface area contributed by atoms with Gasteiger partial charge in [0, 0.05) is 5.69 Å². The fraction of sp³-hybridized carbons (Fsp3) is 0.0741. The van der Waals surface area contributed by atoms with Crippen LogP contribution in [0.25, 0.3) is 17.1 Å². The third-order valence-corrected chi connectivity index (χ3v) is 5.24. The van der Waals surface area contributed by atoms with Gasteiger partial charge in [0.25, 0.3) is 5.91 Å². The van der Waals surface area contributed by atoms with E-state index in [0.29, 0.717) is 16.7 Å². The molecule has 0 saturated carbocycles. The number of anilines is 1. The molecule has 4 N–H and O–H groups in total. The second-order valence-corrected chi connectivity index (χ2v) is 8.00. The first-order chi connectivity index (χ1) is 17.8. The van der Waals surface area contributed by atoms with E-state index in [-0.39, 0.29) is 35.0 Å². The highest BCUT2D eigenvalue weighted by Gasteiger charge is 2.15. The smallest absolute Gasteiger partial charge is 0.338 e. The Morgan fingerprint density at radius 2 is 1.84 bits per heavy atom. The SMILES string of the molecule is C=Cc1cccc(COC(=O)c2cccc(N=NC(C(=O)Nc3ccc4[nH]c(=O)[nH]c4c3)=C(C)O)c2)c1. The molecule has 0 saturated heterocycles. The third-order valence-electron chi connectivity index (χ3n) is 5.24. The van der Waals surface area contributed by atoms with Gasteiger partial charge in [-0.15, -0.1) is 5.11 Å². The molecule has 10 nitrogen and oxygen atoms in total. The van der Waals surface area contributed by atoms with E-state index in [4.69, 9.17) is 4.74 Å². The quantitative estimate of drug-likeness (QED) is 0.112. The number of benzene rings is 3. The molecule has 0 aliphatic heterocycles. The van der Waals surface area contributed by atoms with Gasteiger partial charge >= 0.3 is 11.7 Å². The maximum absolute atomic E-state index is 12.7. The van der Waals surface area contributed by atoms with E-state index in [0.717, 1.165) is 11.1 Å². The highest BCUT2D eigenvalue weighted by atomic mass is 16.5. The Hall–Kier alpha value is -5.25. The van der Waals surface area contributed by atoms with Crippen LogP contribution in [0.15, 0.2) is 99.8 Å². The maximum Gasteiger partial charge on any atom is 0.338 e. The minimum absolute atomic E-state index is 0.0887. The van der Waals surface area contributed by atoms with E-state index in [9.17, 15) is 19.5 Å². The van der Waals surface area contributed by atoms with Crippen molar-refractivity contribution in [3.8, 4) is 0 Å². The van der Waals surface area contributed by atoms with E-state index in [1.54, 1.807) is 42.5 Å². The number of rotatable bonds is 8. The summed E-state index contributed by atoms with van der Waals surface area (Å²) in [6.07, 6.45) is 1.71. The Labute approximate surface area is 211 Å². The summed E-state index contributed by atoms with van der Waals surface area (Å²) >= 11 is 0. The lowest BCUT2D eigenvalue weighted by molar-refractivity contribution is -0.113. The minimum Gasteiger partial charge on any atom is -0.510 e. The summed E-state index contributed by atoms with van der Waals surface area (Å²) in [5.41, 5.74) is 3.05. The number of esters is 1. The lowest BCUT2D eigenvalue weighted by Crippen LogP contribution is -2.14. The van der Waals surface area contributed by atoms with Crippen LogP contribution in [0, 0.1) is 0 Å². The molecule has 1 amide bonds. The molecule has 0 spiro atoms. The van der Waals surface area contributed by atoms with Crippen LogP contribution >= 0.6 is 0 Å². The number of allylic oxidation sites excluding steroid dienone is 1. The van der Waals surface area contributed by atoms with Crippen molar-refractivity contribution in [2.24, 2.45) is 10.2 Å². The van der Waals surface area contributed by atoms with Crippen LogP contribution in [0.4, 0.5) is 11.4 Å². The summed E-state index contributed by atoms with van der Waals surface area (Å²) in [6.45, 7) is 5.12. The second kappa shape index (κ2) is 11.0. The number of carbonyl (C=O) groups is 2. The molecule has 0 bridgehead atoms. The summed E-state index contributed by atoms with van der Waals surface area (Å²) in [5.74, 6) is -1.61. The first-order valence-electron chi connectivity index (χ1n) is 11.2. The van der Waals surface area contributed by atoms with Crippen molar-refractivity contribution in [3.05, 3.63) is 112 Å². The topological polar surface area (TPSA) is 149 Å². The van der Waals surface area contributed by atoms with E-state index in [1.165, 1.54) is 13.0 Å². The van der Waals surface area contributed by atoms with Crippen molar-refractivity contribution in [3.63, 3.8) is 0 Å². The van der Waals surface area contributed by atoms with Crippen molar-refractivity contribution in [2.75, 3.05) is 5.32 Å². The van der Waals surface area contributed by atoms with E-state index in [2.05, 4.69) is 32.1 Å². The standard InChI is InChI=1S/C27H23N5O5/c1-3-17-6-4-7-18(12-17)15-37-26(35)19-8-5-9-21(13-19)31-32-24(16(2)33)25(34)28-20-10-11-22-23(14-20)30-27(36)29-22/h3-14,33H,1,15H2,2H3,(H,28,34)(H2,29,30,36). The highest BCUT2D eigenvalue weighted by molar-refractivity contribution is 6.04. The van der Waals surface area contributed by atoms with Gasteiger partial charge in [-0.05, 0) is 60.5 Å². The first kappa shape index (κ1) is 24.9. The van der Waals surface area contributed by atoms with Crippen LogP contribution in [0.2, 0.25) is 0 Å². The molecule has 0 radical (unpaired) electrons. The monoisotopic (exact) mass is 497 g/mol. The molecule has 186 valence electrons. The molecular weight excluding hydrogens is 474 g/mol. The van der Waals surface area contributed by atoms with Gasteiger partial charge in [0.2, 0.25) is 0 Å². The molecule has 10 heteroatoms. The lowest BCUT2D eigenvalue weighted by Gasteiger charge is -2.07. The molecule has 0 fully saturated rings. The zero-order valence-corrected chi connectivity index (χ0v) is 19.8. The molecule has 0 atom stereocenters. The molecule has 0 aliphatic rings. The Balaban J connectivity index is 1.44. The molecule has 4 rings (SSSR count). The van der Waals surface area contributed by atoms with Gasteiger partial charge in [0.1, 0.15) is 12.4 Å². The Morgan fingerprint density at radius 3 is 2.62 bits per heavy atom. The number of aromatic amines is 2. The summed E-state index contributed by atoms with van der Waals surface area (Å²) in [6, 6.07) is 18.5. The molecule has 1 aromatic heterocycles. The number of H-pyrrole nitrogens is 2. The number of hydrogen-bond donors (Lipinski definition) is 4. The Kier molecular flexibility index (Phi) is 7.39. The van der Waals surface area contributed by atoms with Crippen LogP contribution in [0.1, 0.15) is 28.4 Å². The second-order valence-electron chi connectivity index (χ2n) is 8.00. The molecule has 1 heterocycles. The molecule has 4 aromatic rings. The van der Waals surface area contributed by atoms with Gasteiger partial charge < -0.3 is 25.1 Å². The van der Waals surface area contributed by atoms with Crippen LogP contribution in [-0.4, -0.2) is 27.0 Å². The average molecular weight is 498 g/mol. The van der Waals surface area contributed by atoms with Gasteiger partial charge in [0.05, 0.1) is 22.3 Å². The largest absolute Gasteiger partial charge is 0.510 e. The number of azo groups is 1. The van der Waals surface area contributed by atoms with Gasteiger partial charge in [-0.3, -0.25) is 4.79 Å². The maximum atomic E-state index is 12.7. The number of fused-ring (bicyclic) bond motifs is 1. The average Bonchev–Trinajstić information content (AvgIpc) is 3.26. The predicted octanol–water partition coefficient (Wildman–Crippen LogP) is 5.37. The normalized spacial score (nSPS) is 11.8. The van der Waals surface area contributed by atoms with E-state index >= 15 is 0 Å². The van der Waals surface area contributed by atoms with Gasteiger partial charge in [0.15, 0.2) is 5.70 Å². The number of aliphatic hydroxyl groups excluding tert-OH is 1. The number of carbonyl (C=O) groups excluding carboxylic acids is 2. The summed E-state index contributed by atoms with van der Waals surface area (Å²) in [4.78, 5) is 41.9. The van der Waals surface area contributed by atoms with Crippen LogP contribution in [0.3, 0.4) is 0 Å². The van der Waals surface area contributed by atoms with Gasteiger partial charge in [-0.1, -0.05) is 36.9 Å². The fourth-order valence-corrected chi connectivity index (χ4v) is 3.43. The minimum atomic E-state index is -0.710. The van der Waals surface area contributed by atoms with Crippen molar-refractivity contribution >= 4 is 40.4 Å². The molecule has 3 aromatic carbocycles. The van der Waals surface area contributed by atoms with Crippen molar-refractivity contribution in [2.45, 2.75) is 13.5 Å². The highest BCUT2D eigenvalue weighted by Crippen LogP contribution is 2.20. The van der Waals surface area contributed by atoms with Crippen LogP contribution in [0.5, 0.6) is 0 Å². The van der Waals surface area contributed by atoms with Gasteiger partial charge in [-0.2, -0.15) is 5.11 Å². The van der Waals surface area contributed by atoms with Crippen LogP contribution in [-0.2, 0) is 16.1 Å². The number of amides is 1. The third kappa shape index (κ3) is 6.25. The summed E-state index contributed by atoms with van der Waals surface area (Å²) in [5, 5.41) is 20.5. The molecular formula is C27H23N5O5. The zero-order valence-electron chi connectivity index (χ0n) is 19.8. The summed E-state index contributed by atoms with van der Waals surface area (Å²) < 4.78 is 5.39. The van der Waals surface area contributed by atoms with E-state index in [1.807, 2.05) is 24.3 Å². The first-order valence-corrected chi connectivity index (χ1v) is 11.2. The molecule has 0 unspecified atom stereocenters. The number of hydrogen-bond acceptors (Lipinski definition) is 7. The number of nitrogens with zero attached hydrogens (tertiary/aromatic N) is 2. The number of aliphatic hydroxyl groups is 1. The van der Waals surface area contributed by atoms with Gasteiger partial charge in [-0.25, -0.2) is 9.59 Å². The van der Waals surface area contributed by atoms with Crippen molar-refractivity contribution in [1.29, 1.82) is 0 Å². The Morgan fingerprint density at radius 1 is 1.05 bits per heavy atom. The molecule has 0 aliphatic carbocycles. The number of aromatic nitrogens is 2. The van der Waals surface area contributed by atoms with Crippen LogP contribution < -0.4 is 11.0 Å². The molecule has 37 heavy (non-hydrogen) atoms. The number of imidazole rings is 1. The number of nitrogens with one attached hydrogen (secondary N) is 3. The van der Waals surface area contributed by atoms with E-state index < -0.39 is 11.9 Å². The Bertz CT molecular complexity index is 1610. The fourth-order valence-electron chi connectivity index (χ4n) is 3.43. The lowest BCUT2D eigenvalue weighted by atomic mass is 10.1. The summed E-state index contributed by atoms with van der Waals surface area (Å²) in [7, 11) is 0. The number of ether oxygens (including phenoxy) is 1.